The number of carbonyl (C=O) groups is 1. The Morgan fingerprint density at radius 2 is 2.12 bits per heavy atom. The second-order valence-electron chi connectivity index (χ2n) is 7.30. The lowest BCUT2D eigenvalue weighted by atomic mass is 9.95. The molecule has 2 aliphatic carbocycles. The first-order valence-corrected chi connectivity index (χ1v) is 10.8. The van der Waals surface area contributed by atoms with Crippen molar-refractivity contribution < 1.29 is 17.9 Å². The number of halogens is 1. The molecule has 2 fully saturated rings. The number of amides is 1. The summed E-state index contributed by atoms with van der Waals surface area (Å²) in [4.78, 5) is 12.7. The van der Waals surface area contributed by atoms with Gasteiger partial charge in [-0.05, 0) is 49.3 Å². The molecule has 3 aliphatic rings. The predicted molar refractivity (Wildman–Crippen MR) is 95.4 cm³/mol. The molecule has 4 rings (SSSR count). The molecule has 0 saturated heterocycles. The zero-order valence-corrected chi connectivity index (χ0v) is 15.5. The molecule has 2 saturated carbocycles. The molecule has 1 N–H and O–H groups in total. The number of nitrogens with one attached hydrogen (secondary N) is 1. The maximum atomic E-state index is 12.7. The summed E-state index contributed by atoms with van der Waals surface area (Å²) in [6, 6.07) is 4.96. The lowest BCUT2D eigenvalue weighted by Crippen LogP contribution is -2.53. The van der Waals surface area contributed by atoms with Crippen LogP contribution in [0, 0.1) is 11.8 Å². The first kappa shape index (κ1) is 17.0. The molecule has 6 nitrogen and oxygen atoms in total. The summed E-state index contributed by atoms with van der Waals surface area (Å²) in [5.41, 5.74) is 0.374. The second-order valence-corrected chi connectivity index (χ2v) is 9.65. The van der Waals surface area contributed by atoms with Crippen molar-refractivity contribution in [3.8, 4) is 5.75 Å². The fourth-order valence-electron chi connectivity index (χ4n) is 4.37. The van der Waals surface area contributed by atoms with Crippen molar-refractivity contribution in [1.82, 2.24) is 5.32 Å². The highest BCUT2D eigenvalue weighted by molar-refractivity contribution is 7.92. The number of rotatable bonds is 3. The molecule has 1 aliphatic heterocycles. The molecule has 8 heteroatoms. The van der Waals surface area contributed by atoms with E-state index >= 15 is 0 Å². The van der Waals surface area contributed by atoms with E-state index in [4.69, 9.17) is 16.3 Å². The maximum absolute atomic E-state index is 12.7. The van der Waals surface area contributed by atoms with Crippen molar-refractivity contribution >= 4 is 33.2 Å². The van der Waals surface area contributed by atoms with Crippen LogP contribution in [0.4, 0.5) is 5.69 Å². The summed E-state index contributed by atoms with van der Waals surface area (Å²) in [6.45, 7) is -0.0428. The topological polar surface area (TPSA) is 75.7 Å². The molecule has 0 spiro atoms. The van der Waals surface area contributed by atoms with Crippen LogP contribution < -0.4 is 14.4 Å². The summed E-state index contributed by atoms with van der Waals surface area (Å²) in [5.74, 6) is 1.38. The van der Waals surface area contributed by atoms with Crippen molar-refractivity contribution in [2.75, 3.05) is 17.1 Å². The third kappa shape index (κ3) is 3.19. The molecule has 1 amide bonds. The molecule has 1 aromatic rings. The Balaban J connectivity index is 1.55. The largest absolute Gasteiger partial charge is 0.476 e. The van der Waals surface area contributed by atoms with Crippen LogP contribution in [0.25, 0.3) is 0 Å². The van der Waals surface area contributed by atoms with Crippen molar-refractivity contribution in [3.63, 3.8) is 0 Å². The van der Waals surface area contributed by atoms with Gasteiger partial charge in [0.2, 0.25) is 10.0 Å². The van der Waals surface area contributed by atoms with E-state index in [1.54, 1.807) is 18.2 Å². The van der Waals surface area contributed by atoms with Crippen LogP contribution in [0.15, 0.2) is 18.2 Å². The predicted octanol–water partition coefficient (Wildman–Crippen LogP) is 2.17. The first-order valence-electron chi connectivity index (χ1n) is 8.55. The number of ether oxygens (including phenoxy) is 1. The van der Waals surface area contributed by atoms with Gasteiger partial charge in [0.1, 0.15) is 5.75 Å². The molecule has 0 radical (unpaired) electrons. The number of benzene rings is 1. The van der Waals surface area contributed by atoms with Gasteiger partial charge in [0.25, 0.3) is 5.91 Å². The van der Waals surface area contributed by atoms with Crippen LogP contribution >= 0.6 is 11.6 Å². The smallest absolute Gasteiger partial charge is 0.263 e. The SMILES string of the molecule is CS(=O)(=O)N1C[C@H](C(=O)N[C@@H]2C[C@@H]3CC[C@@H]2C3)Oc2ccc(Cl)cc21. The van der Waals surface area contributed by atoms with Gasteiger partial charge in [0.05, 0.1) is 18.5 Å². The number of anilines is 1. The van der Waals surface area contributed by atoms with Gasteiger partial charge in [-0.25, -0.2) is 8.42 Å². The molecule has 1 aromatic carbocycles. The van der Waals surface area contributed by atoms with Gasteiger partial charge in [0, 0.05) is 11.1 Å². The number of hydrogen-bond donors (Lipinski definition) is 1. The van der Waals surface area contributed by atoms with E-state index in [9.17, 15) is 13.2 Å². The highest BCUT2D eigenvalue weighted by Crippen LogP contribution is 2.44. The Hall–Kier alpha value is -1.47. The molecular formula is C17H21ClN2O4S. The molecule has 2 bridgehead atoms. The highest BCUT2D eigenvalue weighted by Gasteiger charge is 2.42. The Morgan fingerprint density at radius 1 is 1.32 bits per heavy atom. The van der Waals surface area contributed by atoms with Gasteiger partial charge in [-0.3, -0.25) is 9.10 Å². The Kier molecular flexibility index (Phi) is 4.11. The minimum Gasteiger partial charge on any atom is -0.476 e. The van der Waals surface area contributed by atoms with Crippen LogP contribution in [-0.4, -0.2) is 39.3 Å². The van der Waals surface area contributed by atoms with Crippen LogP contribution in [0.1, 0.15) is 25.7 Å². The molecule has 136 valence electrons. The molecule has 25 heavy (non-hydrogen) atoms. The zero-order valence-electron chi connectivity index (χ0n) is 13.9. The van der Waals surface area contributed by atoms with E-state index in [-0.39, 0.29) is 18.5 Å². The summed E-state index contributed by atoms with van der Waals surface area (Å²) in [5, 5.41) is 3.50. The standard InChI is InChI=1S/C17H21ClN2O4S/c1-25(22,23)20-9-16(24-15-5-4-12(18)8-14(15)20)17(21)19-13-7-10-2-3-11(13)6-10/h4-5,8,10-11,13,16H,2-3,6-7,9H2,1H3,(H,19,21)/t10-,11-,13-,16-/m1/s1. The van der Waals surface area contributed by atoms with Crippen LogP contribution in [-0.2, 0) is 14.8 Å². The lowest BCUT2D eigenvalue weighted by Gasteiger charge is -2.35. The Bertz CT molecular complexity index is 813. The van der Waals surface area contributed by atoms with Gasteiger partial charge in [-0.1, -0.05) is 18.0 Å². The highest BCUT2D eigenvalue weighted by atomic mass is 35.5. The van der Waals surface area contributed by atoms with Crippen molar-refractivity contribution in [2.45, 2.75) is 37.8 Å². The monoisotopic (exact) mass is 384 g/mol. The average Bonchev–Trinajstić information content (AvgIpc) is 3.15. The van der Waals surface area contributed by atoms with Crippen LogP contribution in [0.3, 0.4) is 0 Å². The van der Waals surface area contributed by atoms with Gasteiger partial charge in [0.15, 0.2) is 6.10 Å². The van der Waals surface area contributed by atoms with Crippen molar-refractivity contribution in [3.05, 3.63) is 23.2 Å². The Labute approximate surface area is 152 Å². The molecule has 0 aromatic heterocycles. The van der Waals surface area contributed by atoms with Gasteiger partial charge in [-0.15, -0.1) is 0 Å². The average molecular weight is 385 g/mol. The lowest BCUT2D eigenvalue weighted by molar-refractivity contribution is -0.128. The summed E-state index contributed by atoms with van der Waals surface area (Å²) < 4.78 is 31.3. The minimum absolute atomic E-state index is 0.0428. The van der Waals surface area contributed by atoms with Crippen LogP contribution in [0.5, 0.6) is 5.75 Å². The van der Waals surface area contributed by atoms with Gasteiger partial charge in [-0.2, -0.15) is 0 Å². The number of carbonyl (C=O) groups excluding carboxylic acids is 1. The molecule has 1 heterocycles. The summed E-state index contributed by atoms with van der Waals surface area (Å²) in [6.07, 6.45) is 4.89. The number of fused-ring (bicyclic) bond motifs is 3. The molecule has 0 unspecified atom stereocenters. The number of hydrogen-bond acceptors (Lipinski definition) is 4. The van der Waals surface area contributed by atoms with Gasteiger partial charge >= 0.3 is 0 Å². The maximum Gasteiger partial charge on any atom is 0.263 e. The van der Waals surface area contributed by atoms with E-state index in [0.717, 1.165) is 25.0 Å². The number of sulfonamides is 1. The fourth-order valence-corrected chi connectivity index (χ4v) is 5.44. The van der Waals surface area contributed by atoms with E-state index < -0.39 is 16.1 Å². The first-order chi connectivity index (χ1) is 11.8. The molecule has 4 atom stereocenters. The number of nitrogens with zero attached hydrogens (tertiary/aromatic N) is 1. The van der Waals surface area contributed by atoms with Crippen molar-refractivity contribution in [1.29, 1.82) is 0 Å². The normalized spacial score (nSPS) is 30.7. The van der Waals surface area contributed by atoms with E-state index in [2.05, 4.69) is 5.32 Å². The minimum atomic E-state index is -3.54. The third-order valence-electron chi connectivity index (χ3n) is 5.55. The Morgan fingerprint density at radius 3 is 2.76 bits per heavy atom. The van der Waals surface area contributed by atoms with E-state index in [1.165, 1.54) is 17.1 Å². The fraction of sp³-hybridized carbons (Fsp3) is 0.588. The van der Waals surface area contributed by atoms with Crippen LogP contribution in [0.2, 0.25) is 5.02 Å². The quantitative estimate of drug-likeness (QED) is 0.866. The second kappa shape index (κ2) is 6.06. The molecular weight excluding hydrogens is 364 g/mol. The zero-order chi connectivity index (χ0) is 17.8. The summed E-state index contributed by atoms with van der Waals surface area (Å²) in [7, 11) is -3.54. The van der Waals surface area contributed by atoms with E-state index in [1.807, 2.05) is 0 Å². The third-order valence-corrected chi connectivity index (χ3v) is 6.93. The summed E-state index contributed by atoms with van der Waals surface area (Å²) >= 11 is 5.98. The van der Waals surface area contributed by atoms with E-state index in [0.29, 0.717) is 22.4 Å². The van der Waals surface area contributed by atoms with Gasteiger partial charge < -0.3 is 10.1 Å². The van der Waals surface area contributed by atoms with Crippen molar-refractivity contribution in [2.24, 2.45) is 11.8 Å².